The van der Waals surface area contributed by atoms with E-state index in [0.717, 1.165) is 17.8 Å². The van der Waals surface area contributed by atoms with Crippen LogP contribution < -0.4 is 0 Å². The molecule has 1 aromatic carbocycles. The van der Waals surface area contributed by atoms with E-state index in [1.165, 1.54) is 4.52 Å². The molecular formula is C20H20F3N3O2S. The van der Waals surface area contributed by atoms with Gasteiger partial charge in [-0.05, 0) is 12.1 Å². The van der Waals surface area contributed by atoms with Crippen molar-refractivity contribution in [3.05, 3.63) is 59.4 Å². The normalized spacial score (nSPS) is 12.3. The first kappa shape index (κ1) is 21.2. The molecule has 0 aliphatic carbocycles. The number of benzene rings is 1. The van der Waals surface area contributed by atoms with Gasteiger partial charge in [-0.3, -0.25) is 0 Å². The highest BCUT2D eigenvalue weighted by Crippen LogP contribution is 2.32. The van der Waals surface area contributed by atoms with Crippen molar-refractivity contribution in [2.24, 2.45) is 0 Å². The van der Waals surface area contributed by atoms with Gasteiger partial charge in [-0.2, -0.15) is 18.3 Å². The molecule has 0 unspecified atom stereocenters. The maximum absolute atomic E-state index is 13.2. The first-order chi connectivity index (χ1) is 13.6. The molecule has 0 aliphatic heterocycles. The van der Waals surface area contributed by atoms with Gasteiger partial charge in [0.25, 0.3) is 0 Å². The van der Waals surface area contributed by atoms with Gasteiger partial charge in [-0.25, -0.2) is 14.3 Å². The van der Waals surface area contributed by atoms with Crippen LogP contribution in [0.3, 0.4) is 0 Å². The molecule has 0 atom stereocenters. The molecule has 9 heteroatoms. The zero-order valence-corrected chi connectivity index (χ0v) is 17.0. The van der Waals surface area contributed by atoms with E-state index < -0.39 is 17.8 Å². The Morgan fingerprint density at radius 2 is 1.79 bits per heavy atom. The molecule has 2 aromatic heterocycles. The Bertz CT molecular complexity index is 1010. The number of halogens is 3. The molecule has 0 bridgehead atoms. The lowest BCUT2D eigenvalue weighted by molar-refractivity contribution is -0.141. The van der Waals surface area contributed by atoms with Crippen LogP contribution in [0.5, 0.6) is 0 Å². The third kappa shape index (κ3) is 5.09. The SMILES string of the molecule is CC(C)(C)c1cc2nc(C(F)(F)F)cc(SCCOC(=O)c3ccccc3)n2n1. The number of ether oxygens (including phenoxy) is 1. The maximum Gasteiger partial charge on any atom is 0.433 e. The summed E-state index contributed by atoms with van der Waals surface area (Å²) in [6.07, 6.45) is -4.57. The number of alkyl halides is 3. The Balaban J connectivity index is 1.78. The van der Waals surface area contributed by atoms with E-state index in [-0.39, 0.29) is 28.4 Å². The van der Waals surface area contributed by atoms with E-state index in [4.69, 9.17) is 4.74 Å². The number of fused-ring (bicyclic) bond motifs is 1. The van der Waals surface area contributed by atoms with Crippen LogP contribution in [-0.4, -0.2) is 32.9 Å². The molecule has 0 saturated heterocycles. The number of rotatable bonds is 5. The molecule has 0 saturated carbocycles. The van der Waals surface area contributed by atoms with Crippen LogP contribution in [-0.2, 0) is 16.3 Å². The van der Waals surface area contributed by atoms with Gasteiger partial charge in [0.15, 0.2) is 5.65 Å². The van der Waals surface area contributed by atoms with Gasteiger partial charge in [0, 0.05) is 23.3 Å². The van der Waals surface area contributed by atoms with Gasteiger partial charge >= 0.3 is 12.1 Å². The third-order valence-corrected chi connectivity index (χ3v) is 4.99. The van der Waals surface area contributed by atoms with Crippen molar-refractivity contribution >= 4 is 23.4 Å². The van der Waals surface area contributed by atoms with Crippen LogP contribution in [0.25, 0.3) is 5.65 Å². The monoisotopic (exact) mass is 423 g/mol. The molecule has 2 heterocycles. The first-order valence-electron chi connectivity index (χ1n) is 8.89. The van der Waals surface area contributed by atoms with Gasteiger partial charge in [-0.1, -0.05) is 39.0 Å². The predicted octanol–water partition coefficient (Wildman–Crippen LogP) is 4.99. The van der Waals surface area contributed by atoms with E-state index in [1.807, 2.05) is 20.8 Å². The molecule has 0 N–H and O–H groups in total. The molecular weight excluding hydrogens is 403 g/mol. The Kier molecular flexibility index (Phi) is 5.88. The van der Waals surface area contributed by atoms with E-state index >= 15 is 0 Å². The second-order valence-corrected chi connectivity index (χ2v) is 8.49. The van der Waals surface area contributed by atoms with Gasteiger partial charge in [0.2, 0.25) is 0 Å². The average molecular weight is 423 g/mol. The average Bonchev–Trinajstić information content (AvgIpc) is 3.10. The fraction of sp³-hybridized carbons (Fsp3) is 0.350. The lowest BCUT2D eigenvalue weighted by Crippen LogP contribution is -2.13. The van der Waals surface area contributed by atoms with E-state index in [9.17, 15) is 18.0 Å². The Morgan fingerprint density at radius 1 is 1.10 bits per heavy atom. The molecule has 5 nitrogen and oxygen atoms in total. The van der Waals surface area contributed by atoms with Crippen LogP contribution in [0.15, 0.2) is 47.5 Å². The molecule has 0 spiro atoms. The minimum absolute atomic E-state index is 0.0525. The molecule has 29 heavy (non-hydrogen) atoms. The van der Waals surface area contributed by atoms with Gasteiger partial charge in [0.05, 0.1) is 11.3 Å². The molecule has 3 aromatic rings. The maximum atomic E-state index is 13.2. The lowest BCUT2D eigenvalue weighted by Gasteiger charge is -2.13. The minimum atomic E-state index is -4.57. The highest BCUT2D eigenvalue weighted by molar-refractivity contribution is 7.99. The number of hydrogen-bond donors (Lipinski definition) is 0. The topological polar surface area (TPSA) is 56.5 Å². The number of hydrogen-bond acceptors (Lipinski definition) is 5. The van der Waals surface area contributed by atoms with E-state index in [1.54, 1.807) is 36.4 Å². The van der Waals surface area contributed by atoms with Crippen molar-refractivity contribution in [3.63, 3.8) is 0 Å². The smallest absolute Gasteiger partial charge is 0.433 e. The second-order valence-electron chi connectivity index (χ2n) is 7.38. The molecule has 3 rings (SSSR count). The van der Waals surface area contributed by atoms with Gasteiger partial charge < -0.3 is 4.74 Å². The highest BCUT2D eigenvalue weighted by atomic mass is 32.2. The molecule has 0 fully saturated rings. The Labute approximate surface area is 170 Å². The summed E-state index contributed by atoms with van der Waals surface area (Å²) >= 11 is 1.12. The van der Waals surface area contributed by atoms with Crippen molar-refractivity contribution in [3.8, 4) is 0 Å². The van der Waals surface area contributed by atoms with Crippen molar-refractivity contribution in [2.45, 2.75) is 37.4 Å². The molecule has 154 valence electrons. The quantitative estimate of drug-likeness (QED) is 0.250. The molecule has 0 aliphatic rings. The summed E-state index contributed by atoms with van der Waals surface area (Å²) in [6, 6.07) is 11.0. The zero-order chi connectivity index (χ0) is 21.2. The number of thioether (sulfide) groups is 1. The van der Waals surface area contributed by atoms with Gasteiger partial charge in [0.1, 0.15) is 17.3 Å². The highest BCUT2D eigenvalue weighted by Gasteiger charge is 2.34. The Morgan fingerprint density at radius 3 is 2.41 bits per heavy atom. The van der Waals surface area contributed by atoms with Gasteiger partial charge in [-0.15, -0.1) is 11.8 Å². The Hall–Kier alpha value is -2.55. The summed E-state index contributed by atoms with van der Waals surface area (Å²) in [4.78, 5) is 15.7. The number of nitrogens with zero attached hydrogens (tertiary/aromatic N) is 3. The summed E-state index contributed by atoms with van der Waals surface area (Å²) in [5, 5.41) is 4.71. The summed E-state index contributed by atoms with van der Waals surface area (Å²) in [7, 11) is 0. The second kappa shape index (κ2) is 8.06. The van der Waals surface area contributed by atoms with Crippen LogP contribution >= 0.6 is 11.8 Å². The molecule has 0 amide bonds. The standard InChI is InChI=1S/C20H20F3N3O2S/c1-19(2,3)14-11-16-24-15(20(21,22)23)12-17(26(16)25-14)29-10-9-28-18(27)13-7-5-4-6-8-13/h4-8,11-12H,9-10H2,1-3H3. The zero-order valence-electron chi connectivity index (χ0n) is 16.2. The van der Waals surface area contributed by atoms with Crippen molar-refractivity contribution in [1.29, 1.82) is 0 Å². The lowest BCUT2D eigenvalue weighted by atomic mass is 9.93. The third-order valence-electron chi connectivity index (χ3n) is 4.03. The minimum Gasteiger partial charge on any atom is -0.461 e. The number of carbonyl (C=O) groups excluding carboxylic acids is 1. The van der Waals surface area contributed by atoms with Crippen LogP contribution in [0, 0.1) is 0 Å². The fourth-order valence-electron chi connectivity index (χ4n) is 2.50. The largest absolute Gasteiger partial charge is 0.461 e. The number of aromatic nitrogens is 3. The van der Waals surface area contributed by atoms with Crippen molar-refractivity contribution in [1.82, 2.24) is 14.6 Å². The van der Waals surface area contributed by atoms with E-state index in [2.05, 4.69) is 10.1 Å². The van der Waals surface area contributed by atoms with Crippen molar-refractivity contribution < 1.29 is 22.7 Å². The van der Waals surface area contributed by atoms with Crippen LogP contribution in [0.4, 0.5) is 13.2 Å². The van der Waals surface area contributed by atoms with Crippen LogP contribution in [0.1, 0.15) is 42.5 Å². The first-order valence-corrected chi connectivity index (χ1v) is 9.88. The van der Waals surface area contributed by atoms with Crippen molar-refractivity contribution in [2.75, 3.05) is 12.4 Å². The van der Waals surface area contributed by atoms with E-state index in [0.29, 0.717) is 11.3 Å². The predicted molar refractivity (Wildman–Crippen MR) is 104 cm³/mol. The molecule has 0 radical (unpaired) electrons. The van der Waals surface area contributed by atoms with Crippen LogP contribution in [0.2, 0.25) is 0 Å². The fourth-order valence-corrected chi connectivity index (χ4v) is 3.33. The summed E-state index contributed by atoms with van der Waals surface area (Å²) in [6.45, 7) is 5.83. The number of carbonyl (C=O) groups is 1. The summed E-state index contributed by atoms with van der Waals surface area (Å²) < 4.78 is 46.3. The number of esters is 1. The summed E-state index contributed by atoms with van der Waals surface area (Å²) in [5.41, 5.74) is -0.117. The summed E-state index contributed by atoms with van der Waals surface area (Å²) in [5.74, 6) is -0.198.